The molecule has 1 aliphatic heterocycles. The standard InChI is InChI=1S/C17H32N2O2/c1-8-12(4)13-15(20)18-14(17(5,6)7)16(21)19(13)10-9-11(2)3/h11-14H,8-10H2,1-7H3,(H,18,20). The van der Waals surface area contributed by atoms with Gasteiger partial charge in [0, 0.05) is 6.54 Å². The minimum absolute atomic E-state index is 0.00707. The molecule has 0 aromatic carbocycles. The highest BCUT2D eigenvalue weighted by Crippen LogP contribution is 2.28. The Hall–Kier alpha value is -1.06. The second kappa shape index (κ2) is 6.80. The van der Waals surface area contributed by atoms with E-state index in [1.165, 1.54) is 0 Å². The van der Waals surface area contributed by atoms with E-state index in [2.05, 4.69) is 33.0 Å². The van der Waals surface area contributed by atoms with Gasteiger partial charge in [-0.25, -0.2) is 0 Å². The fraction of sp³-hybridized carbons (Fsp3) is 0.882. The van der Waals surface area contributed by atoms with Gasteiger partial charge in [0.25, 0.3) is 0 Å². The van der Waals surface area contributed by atoms with E-state index in [1.807, 2.05) is 25.7 Å². The van der Waals surface area contributed by atoms with Gasteiger partial charge in [-0.15, -0.1) is 0 Å². The highest BCUT2D eigenvalue weighted by atomic mass is 16.2. The topological polar surface area (TPSA) is 49.4 Å². The molecule has 3 atom stereocenters. The monoisotopic (exact) mass is 296 g/mol. The average Bonchev–Trinajstić information content (AvgIpc) is 2.36. The minimum Gasteiger partial charge on any atom is -0.342 e. The first-order valence-electron chi connectivity index (χ1n) is 8.20. The van der Waals surface area contributed by atoms with Crippen molar-refractivity contribution in [2.75, 3.05) is 6.54 Å². The summed E-state index contributed by atoms with van der Waals surface area (Å²) in [6, 6.07) is -0.739. The Balaban J connectivity index is 3.05. The lowest BCUT2D eigenvalue weighted by atomic mass is 9.82. The summed E-state index contributed by atoms with van der Waals surface area (Å²) in [5.74, 6) is 0.788. The van der Waals surface area contributed by atoms with Crippen LogP contribution in [-0.4, -0.2) is 35.3 Å². The molecule has 0 saturated carbocycles. The lowest BCUT2D eigenvalue weighted by Gasteiger charge is -2.45. The molecule has 1 N–H and O–H groups in total. The Bertz CT molecular complexity index is 385. The maximum atomic E-state index is 12.9. The van der Waals surface area contributed by atoms with E-state index in [0.717, 1.165) is 12.8 Å². The molecule has 122 valence electrons. The number of carbonyl (C=O) groups excluding carboxylic acids is 2. The zero-order chi connectivity index (χ0) is 16.4. The largest absolute Gasteiger partial charge is 0.342 e. The molecule has 4 nitrogen and oxygen atoms in total. The molecule has 2 amide bonds. The number of hydrogen-bond donors (Lipinski definition) is 1. The molecule has 0 aromatic heterocycles. The average molecular weight is 296 g/mol. The van der Waals surface area contributed by atoms with Crippen LogP contribution in [-0.2, 0) is 9.59 Å². The van der Waals surface area contributed by atoms with Gasteiger partial charge < -0.3 is 10.2 Å². The molecule has 4 heteroatoms. The van der Waals surface area contributed by atoms with Gasteiger partial charge in [0.05, 0.1) is 0 Å². The Morgan fingerprint density at radius 1 is 1.19 bits per heavy atom. The van der Waals surface area contributed by atoms with Crippen molar-refractivity contribution in [1.29, 1.82) is 0 Å². The molecule has 0 aromatic rings. The van der Waals surface area contributed by atoms with Crippen LogP contribution in [0.25, 0.3) is 0 Å². The highest BCUT2D eigenvalue weighted by Gasteiger charge is 2.46. The van der Waals surface area contributed by atoms with E-state index in [-0.39, 0.29) is 29.2 Å². The zero-order valence-electron chi connectivity index (χ0n) is 14.7. The van der Waals surface area contributed by atoms with Gasteiger partial charge >= 0.3 is 0 Å². The molecule has 0 aliphatic carbocycles. The molecule has 21 heavy (non-hydrogen) atoms. The summed E-state index contributed by atoms with van der Waals surface area (Å²) in [5.41, 5.74) is -0.261. The van der Waals surface area contributed by atoms with Gasteiger partial charge in [0.1, 0.15) is 12.1 Å². The van der Waals surface area contributed by atoms with Gasteiger partial charge in [-0.2, -0.15) is 0 Å². The molecule has 0 bridgehead atoms. The second-order valence-electron chi connectivity index (χ2n) is 7.85. The number of carbonyl (C=O) groups is 2. The van der Waals surface area contributed by atoms with Crippen LogP contribution in [0.15, 0.2) is 0 Å². The summed E-state index contributed by atoms with van der Waals surface area (Å²) in [6.45, 7) is 15.1. The van der Waals surface area contributed by atoms with Crippen LogP contribution in [0, 0.1) is 17.3 Å². The number of rotatable bonds is 5. The SMILES string of the molecule is CCC(C)C1C(=O)NC(C(C)(C)C)C(=O)N1CCC(C)C. The van der Waals surface area contributed by atoms with Gasteiger partial charge in [-0.05, 0) is 23.7 Å². The Labute approximate surface area is 129 Å². The maximum Gasteiger partial charge on any atom is 0.246 e. The Kier molecular flexibility index (Phi) is 5.83. The van der Waals surface area contributed by atoms with Crippen molar-refractivity contribution in [2.24, 2.45) is 17.3 Å². The summed E-state index contributed by atoms with van der Waals surface area (Å²) in [7, 11) is 0. The lowest BCUT2D eigenvalue weighted by molar-refractivity contribution is -0.154. The van der Waals surface area contributed by atoms with E-state index in [1.54, 1.807) is 0 Å². The van der Waals surface area contributed by atoms with E-state index < -0.39 is 6.04 Å². The number of amides is 2. The predicted molar refractivity (Wildman–Crippen MR) is 85.8 cm³/mol. The molecule has 1 rings (SSSR count). The maximum absolute atomic E-state index is 12.9. The second-order valence-corrected chi connectivity index (χ2v) is 7.85. The lowest BCUT2D eigenvalue weighted by Crippen LogP contribution is -2.68. The molecule has 0 spiro atoms. The number of hydrogen-bond acceptors (Lipinski definition) is 2. The van der Waals surface area contributed by atoms with Crippen LogP contribution in [0.3, 0.4) is 0 Å². The molecule has 3 unspecified atom stereocenters. The van der Waals surface area contributed by atoms with Crippen LogP contribution in [0.2, 0.25) is 0 Å². The van der Waals surface area contributed by atoms with Gasteiger partial charge in [-0.1, -0.05) is 54.9 Å². The van der Waals surface area contributed by atoms with Crippen molar-refractivity contribution >= 4 is 11.8 Å². The van der Waals surface area contributed by atoms with E-state index in [0.29, 0.717) is 12.5 Å². The fourth-order valence-corrected chi connectivity index (χ4v) is 2.76. The Morgan fingerprint density at radius 2 is 1.76 bits per heavy atom. The van der Waals surface area contributed by atoms with Gasteiger partial charge in [0.2, 0.25) is 11.8 Å². The van der Waals surface area contributed by atoms with Crippen molar-refractivity contribution in [2.45, 2.75) is 73.4 Å². The van der Waals surface area contributed by atoms with Crippen LogP contribution in [0.5, 0.6) is 0 Å². The van der Waals surface area contributed by atoms with Crippen molar-refractivity contribution in [3.8, 4) is 0 Å². The first-order chi connectivity index (χ1) is 9.59. The van der Waals surface area contributed by atoms with Crippen molar-refractivity contribution in [3.63, 3.8) is 0 Å². The van der Waals surface area contributed by atoms with Crippen LogP contribution < -0.4 is 5.32 Å². The van der Waals surface area contributed by atoms with Crippen molar-refractivity contribution in [1.82, 2.24) is 10.2 Å². The van der Waals surface area contributed by atoms with Crippen LogP contribution in [0.1, 0.15) is 61.3 Å². The predicted octanol–water partition coefficient (Wildman–Crippen LogP) is 2.82. The number of nitrogens with one attached hydrogen (secondary N) is 1. The third kappa shape index (κ3) is 4.21. The smallest absolute Gasteiger partial charge is 0.246 e. The van der Waals surface area contributed by atoms with Crippen LogP contribution >= 0.6 is 0 Å². The molecule has 1 saturated heterocycles. The summed E-state index contributed by atoms with van der Waals surface area (Å²) < 4.78 is 0. The number of piperazine rings is 1. The van der Waals surface area contributed by atoms with E-state index in [9.17, 15) is 9.59 Å². The first-order valence-corrected chi connectivity index (χ1v) is 8.20. The molecular weight excluding hydrogens is 264 g/mol. The first kappa shape index (κ1) is 18.0. The third-order valence-corrected chi connectivity index (χ3v) is 4.42. The van der Waals surface area contributed by atoms with Crippen molar-refractivity contribution in [3.05, 3.63) is 0 Å². The molecule has 1 aliphatic rings. The molecule has 1 fully saturated rings. The normalized spacial score (nSPS) is 25.2. The Morgan fingerprint density at radius 3 is 2.19 bits per heavy atom. The van der Waals surface area contributed by atoms with Crippen LogP contribution in [0.4, 0.5) is 0 Å². The third-order valence-electron chi connectivity index (χ3n) is 4.42. The summed E-state index contributed by atoms with van der Waals surface area (Å²) >= 11 is 0. The molecule has 0 radical (unpaired) electrons. The zero-order valence-corrected chi connectivity index (χ0v) is 14.7. The summed E-state index contributed by atoms with van der Waals surface area (Å²) in [5, 5.41) is 2.96. The number of nitrogens with zero attached hydrogens (tertiary/aromatic N) is 1. The van der Waals surface area contributed by atoms with E-state index in [4.69, 9.17) is 0 Å². The molecule has 1 heterocycles. The quantitative estimate of drug-likeness (QED) is 0.848. The minimum atomic E-state index is -0.419. The van der Waals surface area contributed by atoms with Crippen molar-refractivity contribution < 1.29 is 9.59 Å². The van der Waals surface area contributed by atoms with Gasteiger partial charge in [-0.3, -0.25) is 9.59 Å². The summed E-state index contributed by atoms with van der Waals surface area (Å²) in [6.07, 6.45) is 1.83. The fourth-order valence-electron chi connectivity index (χ4n) is 2.76. The summed E-state index contributed by atoms with van der Waals surface area (Å²) in [4.78, 5) is 27.3. The highest BCUT2D eigenvalue weighted by molar-refractivity contribution is 5.97. The van der Waals surface area contributed by atoms with Gasteiger partial charge in [0.15, 0.2) is 0 Å². The molecular formula is C17H32N2O2. The van der Waals surface area contributed by atoms with E-state index >= 15 is 0 Å².